The van der Waals surface area contributed by atoms with E-state index >= 15 is 0 Å². The number of hydrogen-bond acceptors (Lipinski definition) is 5. The predicted octanol–water partition coefficient (Wildman–Crippen LogP) is 1.07. The fraction of sp³-hybridized carbons (Fsp3) is 0.118. The largest absolute Gasteiger partial charge is 0.550 e. The molecule has 0 unspecified atom stereocenters. The molecule has 2 N–H and O–H groups in total. The van der Waals surface area contributed by atoms with Crippen LogP contribution in [0, 0.1) is 0 Å². The number of halogens is 1. The molecule has 0 bridgehead atoms. The van der Waals surface area contributed by atoms with Gasteiger partial charge < -0.3 is 25.0 Å². The van der Waals surface area contributed by atoms with E-state index in [0.717, 1.165) is 0 Å². The van der Waals surface area contributed by atoms with Gasteiger partial charge in [0.2, 0.25) is 0 Å². The second kappa shape index (κ2) is 8.84. The van der Waals surface area contributed by atoms with Gasteiger partial charge in [-0.15, -0.1) is 0 Å². The summed E-state index contributed by atoms with van der Waals surface area (Å²) in [5.74, 6) is -2.06. The Morgan fingerprint density at radius 2 is 1.92 bits per heavy atom. The summed E-state index contributed by atoms with van der Waals surface area (Å²) in [5, 5.41) is 15.3. The lowest BCUT2D eigenvalue weighted by Gasteiger charge is -2.11. The number of aliphatic carboxylic acids is 1. The van der Waals surface area contributed by atoms with Crippen molar-refractivity contribution >= 4 is 39.8 Å². The lowest BCUT2D eigenvalue weighted by atomic mass is 10.2. The zero-order chi connectivity index (χ0) is 18.2. The quantitative estimate of drug-likeness (QED) is 0.669. The number of carbonyl (C=O) groups is 3. The van der Waals surface area contributed by atoms with E-state index in [9.17, 15) is 19.5 Å². The number of nitrogens with one attached hydrogen (secondary N) is 2. The number of furan rings is 1. The molecular formula is C17H14BrN2O5-. The molecule has 25 heavy (non-hydrogen) atoms. The molecule has 1 aromatic carbocycles. The monoisotopic (exact) mass is 405 g/mol. The van der Waals surface area contributed by atoms with Crippen LogP contribution in [0.3, 0.4) is 0 Å². The molecule has 0 saturated heterocycles. The molecule has 8 heteroatoms. The molecule has 0 aliphatic carbocycles. The van der Waals surface area contributed by atoms with Crippen molar-refractivity contribution in [1.29, 1.82) is 0 Å². The standard InChI is InChI=1S/C17H15BrN2O5/c18-13-6-2-1-5-12(13)16(23)20-14(10-11-4-3-9-25-11)17(24)19-8-7-15(21)22/h1-6,9-10H,7-8H2,(H,19,24)(H,20,23)(H,21,22)/p-1/b14-10+. The molecule has 0 saturated carbocycles. The number of carbonyl (C=O) groups excluding carboxylic acids is 3. The highest BCUT2D eigenvalue weighted by Crippen LogP contribution is 2.16. The van der Waals surface area contributed by atoms with Gasteiger partial charge in [-0.3, -0.25) is 9.59 Å². The van der Waals surface area contributed by atoms with Crippen LogP contribution in [0.2, 0.25) is 0 Å². The number of hydrogen-bond donors (Lipinski definition) is 2. The maximum Gasteiger partial charge on any atom is 0.267 e. The summed E-state index contributed by atoms with van der Waals surface area (Å²) >= 11 is 3.27. The minimum Gasteiger partial charge on any atom is -0.550 e. The van der Waals surface area contributed by atoms with E-state index in [1.54, 1.807) is 36.4 Å². The van der Waals surface area contributed by atoms with Crippen LogP contribution in [0.4, 0.5) is 0 Å². The molecule has 1 aromatic heterocycles. The van der Waals surface area contributed by atoms with Crippen LogP contribution in [-0.4, -0.2) is 24.3 Å². The second-order valence-corrected chi connectivity index (χ2v) is 5.74. The van der Waals surface area contributed by atoms with E-state index in [2.05, 4.69) is 26.6 Å². The first kappa shape index (κ1) is 18.5. The van der Waals surface area contributed by atoms with Crippen LogP contribution in [-0.2, 0) is 9.59 Å². The molecule has 1 heterocycles. The van der Waals surface area contributed by atoms with Gasteiger partial charge in [-0.2, -0.15) is 0 Å². The van der Waals surface area contributed by atoms with Crippen molar-refractivity contribution in [3.05, 3.63) is 64.2 Å². The Hall–Kier alpha value is -2.87. The van der Waals surface area contributed by atoms with E-state index in [-0.39, 0.29) is 18.7 Å². The first-order valence-electron chi connectivity index (χ1n) is 7.26. The molecule has 0 fully saturated rings. The van der Waals surface area contributed by atoms with Crippen molar-refractivity contribution < 1.29 is 23.9 Å². The van der Waals surface area contributed by atoms with Gasteiger partial charge in [-0.1, -0.05) is 12.1 Å². The molecule has 0 aliphatic rings. The predicted molar refractivity (Wildman–Crippen MR) is 90.9 cm³/mol. The zero-order valence-electron chi connectivity index (χ0n) is 13.0. The average molecular weight is 406 g/mol. The topological polar surface area (TPSA) is 111 Å². The van der Waals surface area contributed by atoms with E-state index < -0.39 is 17.8 Å². The second-order valence-electron chi connectivity index (χ2n) is 4.89. The zero-order valence-corrected chi connectivity index (χ0v) is 14.5. The summed E-state index contributed by atoms with van der Waals surface area (Å²) in [6, 6.07) is 9.98. The van der Waals surface area contributed by atoms with Crippen molar-refractivity contribution in [3.63, 3.8) is 0 Å². The van der Waals surface area contributed by atoms with Crippen LogP contribution < -0.4 is 15.7 Å². The van der Waals surface area contributed by atoms with E-state index in [1.165, 1.54) is 12.3 Å². The molecule has 0 spiro atoms. The summed E-state index contributed by atoms with van der Waals surface area (Å²) in [7, 11) is 0. The van der Waals surface area contributed by atoms with E-state index in [4.69, 9.17) is 4.42 Å². The van der Waals surface area contributed by atoms with Crippen LogP contribution in [0.1, 0.15) is 22.5 Å². The van der Waals surface area contributed by atoms with Crippen LogP contribution in [0.5, 0.6) is 0 Å². The van der Waals surface area contributed by atoms with Gasteiger partial charge in [0.25, 0.3) is 11.8 Å². The Balaban J connectivity index is 2.17. The highest BCUT2D eigenvalue weighted by molar-refractivity contribution is 9.10. The Kier molecular flexibility index (Phi) is 6.53. The summed E-state index contributed by atoms with van der Waals surface area (Å²) in [6.45, 7) is -0.123. The van der Waals surface area contributed by atoms with E-state index in [0.29, 0.717) is 15.8 Å². The molecule has 0 atom stereocenters. The fourth-order valence-electron chi connectivity index (χ4n) is 1.88. The minimum absolute atomic E-state index is 0.0750. The third-order valence-corrected chi connectivity index (χ3v) is 3.75. The Morgan fingerprint density at radius 3 is 2.56 bits per heavy atom. The highest BCUT2D eigenvalue weighted by Gasteiger charge is 2.16. The number of carboxylic acid groups (broad SMARTS) is 1. The normalized spacial score (nSPS) is 11.0. The summed E-state index contributed by atoms with van der Waals surface area (Å²) in [6.07, 6.45) is 2.44. The molecule has 0 aliphatic heterocycles. The van der Waals surface area contributed by atoms with Gasteiger partial charge in [0, 0.05) is 29.5 Å². The Morgan fingerprint density at radius 1 is 1.16 bits per heavy atom. The average Bonchev–Trinajstić information content (AvgIpc) is 3.07. The lowest BCUT2D eigenvalue weighted by Crippen LogP contribution is -2.37. The Labute approximate surface area is 151 Å². The molecule has 7 nitrogen and oxygen atoms in total. The van der Waals surface area contributed by atoms with Crippen molar-refractivity contribution in [3.8, 4) is 0 Å². The number of rotatable bonds is 7. The maximum atomic E-state index is 12.4. The fourth-order valence-corrected chi connectivity index (χ4v) is 2.35. The van der Waals surface area contributed by atoms with Gasteiger partial charge in [0.1, 0.15) is 11.5 Å². The van der Waals surface area contributed by atoms with Crippen molar-refractivity contribution in [2.45, 2.75) is 6.42 Å². The molecule has 2 amide bonds. The van der Waals surface area contributed by atoms with Crippen LogP contribution in [0.25, 0.3) is 6.08 Å². The SMILES string of the molecule is O=C([O-])CCNC(=O)/C(=C\c1ccco1)NC(=O)c1ccccc1Br. The molecule has 2 rings (SSSR count). The number of carboxylic acids is 1. The lowest BCUT2D eigenvalue weighted by molar-refractivity contribution is -0.305. The van der Waals surface area contributed by atoms with Crippen molar-refractivity contribution in [2.75, 3.05) is 6.54 Å². The number of benzene rings is 1. The summed E-state index contributed by atoms with van der Waals surface area (Å²) in [4.78, 5) is 35.1. The third kappa shape index (κ3) is 5.61. The van der Waals surface area contributed by atoms with Gasteiger partial charge in [0.15, 0.2) is 0 Å². The van der Waals surface area contributed by atoms with Crippen LogP contribution >= 0.6 is 15.9 Å². The maximum absolute atomic E-state index is 12.4. The Bertz CT molecular complexity index is 799. The minimum atomic E-state index is -1.28. The first-order chi connectivity index (χ1) is 12.0. The van der Waals surface area contributed by atoms with Crippen molar-refractivity contribution in [2.24, 2.45) is 0 Å². The van der Waals surface area contributed by atoms with Gasteiger partial charge in [-0.05, 0) is 40.2 Å². The van der Waals surface area contributed by atoms with Gasteiger partial charge in [0.05, 0.1) is 11.8 Å². The molecule has 130 valence electrons. The van der Waals surface area contributed by atoms with Gasteiger partial charge >= 0.3 is 0 Å². The molecule has 2 aromatic rings. The highest BCUT2D eigenvalue weighted by atomic mass is 79.9. The third-order valence-electron chi connectivity index (χ3n) is 3.06. The molecule has 0 radical (unpaired) electrons. The van der Waals surface area contributed by atoms with E-state index in [1.807, 2.05) is 0 Å². The smallest absolute Gasteiger partial charge is 0.267 e. The van der Waals surface area contributed by atoms with Crippen LogP contribution in [0.15, 0.2) is 57.2 Å². The number of amides is 2. The van der Waals surface area contributed by atoms with Gasteiger partial charge in [-0.25, -0.2) is 0 Å². The first-order valence-corrected chi connectivity index (χ1v) is 8.06. The summed E-state index contributed by atoms with van der Waals surface area (Å²) < 4.78 is 5.72. The molecular weight excluding hydrogens is 392 g/mol. The van der Waals surface area contributed by atoms with Crippen molar-refractivity contribution in [1.82, 2.24) is 10.6 Å². The summed E-state index contributed by atoms with van der Waals surface area (Å²) in [5.41, 5.74) is 0.268.